The Morgan fingerprint density at radius 1 is 1.45 bits per heavy atom. The molecule has 1 spiro atoms. The molecule has 0 saturated heterocycles. The number of likely N-dealkylation sites (N-methyl/N-ethyl adjacent to an activating group) is 1. The van der Waals surface area contributed by atoms with Crippen molar-refractivity contribution in [3.8, 4) is 0 Å². The molecule has 5 nitrogen and oxygen atoms in total. The smallest absolute Gasteiger partial charge is 0.387 e. The van der Waals surface area contributed by atoms with Gasteiger partial charge in [-0.1, -0.05) is 32.0 Å². The molecule has 1 amide bonds. The summed E-state index contributed by atoms with van der Waals surface area (Å²) in [5.74, 6) is -0.452. The lowest BCUT2D eigenvalue weighted by atomic mass is 9.89. The normalized spacial score (nSPS) is 30.3. The number of carbonyl (C=O) groups excluding carboxylic acids is 1. The van der Waals surface area contributed by atoms with E-state index < -0.39 is 10.8 Å². The zero-order valence-electron chi connectivity index (χ0n) is 11.7. The van der Waals surface area contributed by atoms with Gasteiger partial charge in [-0.05, 0) is 17.0 Å². The summed E-state index contributed by atoms with van der Waals surface area (Å²) < 4.78 is 0. The van der Waals surface area contributed by atoms with E-state index in [0.717, 1.165) is 17.5 Å². The highest BCUT2D eigenvalue weighted by atomic mass is 16.3. The first-order valence-electron chi connectivity index (χ1n) is 6.51. The van der Waals surface area contributed by atoms with E-state index in [0.29, 0.717) is 0 Å². The van der Waals surface area contributed by atoms with E-state index in [1.165, 1.54) is 0 Å². The number of para-hydroxylation sites is 1. The number of diazo groups is 1. The topological polar surface area (TPSA) is 68.7 Å². The highest BCUT2D eigenvalue weighted by Gasteiger charge is 2.81. The molecule has 0 unspecified atom stereocenters. The maximum absolute atomic E-state index is 12.8. The molecule has 2 atom stereocenters. The molecule has 5 heteroatoms. The monoisotopic (exact) mass is 270 g/mol. The Labute approximate surface area is 117 Å². The molecule has 1 saturated carbocycles. The summed E-state index contributed by atoms with van der Waals surface area (Å²) in [5, 5.41) is 18.7. The minimum absolute atomic E-state index is 0.0217. The van der Waals surface area contributed by atoms with Gasteiger partial charge in [0.25, 0.3) is 0 Å². The quantitative estimate of drug-likeness (QED) is 0.630. The molecule has 102 valence electrons. The number of amides is 1. The van der Waals surface area contributed by atoms with Crippen molar-refractivity contribution in [2.75, 3.05) is 11.9 Å². The third kappa shape index (κ3) is 1.12. The van der Waals surface area contributed by atoms with Crippen molar-refractivity contribution in [1.82, 2.24) is 0 Å². The van der Waals surface area contributed by atoms with Crippen LogP contribution in [0.5, 0.6) is 0 Å². The van der Waals surface area contributed by atoms with Crippen LogP contribution in [-0.4, -0.2) is 18.1 Å². The van der Waals surface area contributed by atoms with Crippen LogP contribution in [0.25, 0.3) is 4.98 Å². The van der Waals surface area contributed by atoms with E-state index in [4.69, 9.17) is 5.39 Å². The van der Waals surface area contributed by atoms with Crippen LogP contribution in [-0.2, 0) is 10.2 Å². The van der Waals surface area contributed by atoms with Gasteiger partial charge in [0.1, 0.15) is 0 Å². The second-order valence-electron chi connectivity index (χ2n) is 6.01. The van der Waals surface area contributed by atoms with Gasteiger partial charge in [0.05, 0.1) is 5.41 Å². The number of carbonyl (C=O) groups is 1. The number of aliphatic hydroxyl groups excluding tert-OH is 1. The second-order valence-corrected chi connectivity index (χ2v) is 6.01. The van der Waals surface area contributed by atoms with E-state index in [9.17, 15) is 9.90 Å². The van der Waals surface area contributed by atoms with Crippen LogP contribution in [0.4, 0.5) is 5.69 Å². The molecule has 1 aromatic carbocycles. The minimum Gasteiger partial charge on any atom is -0.505 e. The molecule has 0 radical (unpaired) electrons. The Bertz CT molecular complexity index is 687. The molecule has 1 aromatic rings. The van der Waals surface area contributed by atoms with Crippen molar-refractivity contribution in [2.24, 2.45) is 11.3 Å². The maximum Gasteiger partial charge on any atom is 0.387 e. The van der Waals surface area contributed by atoms with Gasteiger partial charge >= 0.3 is 6.20 Å². The summed E-state index contributed by atoms with van der Waals surface area (Å²) in [6.07, 6.45) is 1.01. The fraction of sp³-hybridized carbons (Fsp3) is 0.400. The molecule has 20 heavy (non-hydrogen) atoms. The number of benzene rings is 1. The molecule has 0 bridgehead atoms. The first-order valence-corrected chi connectivity index (χ1v) is 6.51. The average molecular weight is 270 g/mol. The van der Waals surface area contributed by atoms with Crippen molar-refractivity contribution >= 4 is 11.6 Å². The van der Waals surface area contributed by atoms with E-state index in [-0.39, 0.29) is 17.6 Å². The van der Waals surface area contributed by atoms with Crippen molar-refractivity contribution in [2.45, 2.75) is 19.3 Å². The predicted octanol–water partition coefficient (Wildman–Crippen LogP) is 2.81. The largest absolute Gasteiger partial charge is 0.505 e. The Hall–Kier alpha value is -2.35. The summed E-state index contributed by atoms with van der Waals surface area (Å²) in [6, 6.07) is 7.63. The zero-order valence-corrected chi connectivity index (χ0v) is 11.7. The molecule has 1 N–H and O–H groups in total. The Kier molecular flexibility index (Phi) is 2.28. The van der Waals surface area contributed by atoms with Gasteiger partial charge in [0.15, 0.2) is 10.7 Å². The Morgan fingerprint density at radius 2 is 2.10 bits per heavy atom. The number of anilines is 1. The van der Waals surface area contributed by atoms with Gasteiger partial charge in [-0.3, -0.25) is 4.79 Å². The standard InChI is InChI=1S/C15H15N3O2/c1-14(2)12(11(19)8-17-16)15(14)9-6-4-5-7-10(9)18(3)13(15)20/h4-8,12H,1-3H3/p+1/b11-8-/t12-,15-/m0/s1. The minimum atomic E-state index is -0.760. The lowest BCUT2D eigenvalue weighted by molar-refractivity contribution is -0.120. The lowest BCUT2D eigenvalue weighted by Crippen LogP contribution is -2.32. The zero-order chi connectivity index (χ0) is 14.7. The van der Waals surface area contributed by atoms with E-state index in [2.05, 4.69) is 4.98 Å². The molecule has 1 aliphatic heterocycles. The number of rotatable bonds is 1. The third-order valence-electron chi connectivity index (χ3n) is 4.91. The number of hydrogen-bond acceptors (Lipinski definition) is 3. The van der Waals surface area contributed by atoms with Gasteiger partial charge in [0, 0.05) is 18.7 Å². The molecule has 1 aliphatic carbocycles. The van der Waals surface area contributed by atoms with E-state index in [1.807, 2.05) is 38.1 Å². The van der Waals surface area contributed by atoms with Crippen molar-refractivity contribution in [1.29, 1.82) is 5.39 Å². The average Bonchev–Trinajstić information content (AvgIpc) is 2.86. The van der Waals surface area contributed by atoms with Crippen molar-refractivity contribution in [3.63, 3.8) is 0 Å². The van der Waals surface area contributed by atoms with Gasteiger partial charge < -0.3 is 10.0 Å². The van der Waals surface area contributed by atoms with Crippen LogP contribution >= 0.6 is 0 Å². The lowest BCUT2D eigenvalue weighted by Gasteiger charge is -2.13. The number of hydrogen-bond donors (Lipinski definition) is 1. The van der Waals surface area contributed by atoms with Crippen LogP contribution in [0.1, 0.15) is 19.4 Å². The van der Waals surface area contributed by atoms with E-state index >= 15 is 0 Å². The summed E-state index contributed by atoms with van der Waals surface area (Å²) in [7, 11) is 1.75. The second kappa shape index (κ2) is 3.60. The summed E-state index contributed by atoms with van der Waals surface area (Å²) in [5.41, 5.74) is 0.627. The highest BCUT2D eigenvalue weighted by Crippen LogP contribution is 2.75. The van der Waals surface area contributed by atoms with Crippen LogP contribution in [0, 0.1) is 16.7 Å². The Morgan fingerprint density at radius 3 is 2.75 bits per heavy atom. The van der Waals surface area contributed by atoms with Crippen LogP contribution in [0.2, 0.25) is 0 Å². The molecular weight excluding hydrogens is 254 g/mol. The third-order valence-corrected chi connectivity index (χ3v) is 4.91. The Balaban J connectivity index is 2.23. The van der Waals surface area contributed by atoms with Crippen LogP contribution < -0.4 is 4.90 Å². The fourth-order valence-electron chi connectivity index (χ4n) is 3.98. The van der Waals surface area contributed by atoms with Gasteiger partial charge in [-0.25, -0.2) is 0 Å². The number of aliphatic hydroxyl groups is 1. The van der Waals surface area contributed by atoms with Gasteiger partial charge in [0.2, 0.25) is 11.3 Å². The molecule has 2 aliphatic rings. The van der Waals surface area contributed by atoms with Crippen LogP contribution in [0.3, 0.4) is 0 Å². The molecule has 1 heterocycles. The predicted molar refractivity (Wildman–Crippen MR) is 74.6 cm³/mol. The number of nitrogens with zero attached hydrogens (tertiary/aromatic N) is 3. The molecular formula is C15H16N3O2+. The first kappa shape index (κ1) is 12.7. The van der Waals surface area contributed by atoms with Gasteiger partial charge in [-0.2, -0.15) is 0 Å². The summed E-state index contributed by atoms with van der Waals surface area (Å²) in [4.78, 5) is 17.3. The van der Waals surface area contributed by atoms with E-state index in [1.54, 1.807) is 11.9 Å². The summed E-state index contributed by atoms with van der Waals surface area (Å²) in [6.45, 7) is 3.90. The highest BCUT2D eigenvalue weighted by molar-refractivity contribution is 6.11. The first-order chi connectivity index (χ1) is 9.40. The molecule has 3 rings (SSSR count). The van der Waals surface area contributed by atoms with Crippen molar-refractivity contribution < 1.29 is 9.90 Å². The molecule has 0 aromatic heterocycles. The maximum atomic E-state index is 12.8. The van der Waals surface area contributed by atoms with Crippen molar-refractivity contribution in [3.05, 3.63) is 46.8 Å². The van der Waals surface area contributed by atoms with Crippen LogP contribution in [0.15, 0.2) is 36.2 Å². The summed E-state index contributed by atoms with van der Waals surface area (Å²) >= 11 is 0. The SMILES string of the molecule is CN1C(=O)[C@]2(c3ccccc31)[C@@H](/C(O)=C/[N+]#N)C2(C)C. The fourth-order valence-corrected chi connectivity index (χ4v) is 3.98. The number of allylic oxidation sites excluding steroid dienone is 1. The molecule has 1 fully saturated rings. The number of fused-ring (bicyclic) bond motifs is 2. The van der Waals surface area contributed by atoms with Gasteiger partial charge in [-0.15, -0.1) is 0 Å².